The van der Waals surface area contributed by atoms with Crippen LogP contribution in [0.1, 0.15) is 53.3 Å². The Bertz CT molecular complexity index is 752. The van der Waals surface area contributed by atoms with Crippen LogP contribution >= 0.6 is 0 Å². The second-order valence-corrected chi connectivity index (χ2v) is 5.27. The van der Waals surface area contributed by atoms with Crippen LogP contribution in [0.3, 0.4) is 0 Å². The molecule has 2 rings (SSSR count). The summed E-state index contributed by atoms with van der Waals surface area (Å²) in [6.45, 7) is 6.60. The van der Waals surface area contributed by atoms with Crippen molar-refractivity contribution in [2.45, 2.75) is 26.8 Å². The number of carbonyl (C=O) groups excluding carboxylic acids is 1. The van der Waals surface area contributed by atoms with Crippen LogP contribution in [0.5, 0.6) is 11.5 Å². The Hall–Kier alpha value is -2.96. The molecule has 1 aromatic heterocycles. The predicted octanol–water partition coefficient (Wildman–Crippen LogP) is 3.27. The molecule has 0 radical (unpaired) electrons. The van der Waals surface area contributed by atoms with Crippen molar-refractivity contribution in [3.05, 3.63) is 47.4 Å². The molecule has 7 heteroatoms. The second-order valence-electron chi connectivity index (χ2n) is 5.27. The number of furan rings is 1. The van der Waals surface area contributed by atoms with Gasteiger partial charge in [0.2, 0.25) is 0 Å². The number of nitrogens with one attached hydrogen (secondary N) is 1. The molecule has 134 valence electrons. The average Bonchev–Trinajstić information content (AvgIpc) is 3.07. The summed E-state index contributed by atoms with van der Waals surface area (Å²) >= 11 is 0. The molecule has 1 amide bonds. The standard InChI is InChI=1S/C18H21NO6/c1-4-23-14-7-6-12(8-15(14)24-5-2)11(3)19-17(20)16-9-13(10-25-16)18(21)22/h6-11H,4-5H2,1-3H3,(H,19,20)(H,21,22). The Labute approximate surface area is 145 Å². The van der Waals surface area contributed by atoms with E-state index in [4.69, 9.17) is 19.0 Å². The van der Waals surface area contributed by atoms with E-state index in [-0.39, 0.29) is 17.4 Å². The lowest BCUT2D eigenvalue weighted by atomic mass is 10.1. The zero-order valence-corrected chi connectivity index (χ0v) is 14.4. The van der Waals surface area contributed by atoms with Crippen LogP contribution in [-0.2, 0) is 0 Å². The van der Waals surface area contributed by atoms with Crippen molar-refractivity contribution in [1.82, 2.24) is 5.32 Å². The number of aromatic carboxylic acids is 1. The van der Waals surface area contributed by atoms with Crippen LogP contribution in [0.4, 0.5) is 0 Å². The minimum absolute atomic E-state index is 0.0554. The molecule has 0 saturated heterocycles. The summed E-state index contributed by atoms with van der Waals surface area (Å²) in [6, 6.07) is 6.30. The van der Waals surface area contributed by atoms with Gasteiger partial charge in [0.15, 0.2) is 17.3 Å². The molecule has 0 bridgehead atoms. The largest absolute Gasteiger partial charge is 0.490 e. The van der Waals surface area contributed by atoms with Crippen molar-refractivity contribution < 1.29 is 28.6 Å². The molecule has 1 unspecified atom stereocenters. The minimum atomic E-state index is -1.15. The summed E-state index contributed by atoms with van der Waals surface area (Å²) in [7, 11) is 0. The molecule has 0 fully saturated rings. The molecule has 2 N–H and O–H groups in total. The Kier molecular flexibility index (Phi) is 6.05. The van der Waals surface area contributed by atoms with E-state index in [1.54, 1.807) is 6.07 Å². The molecule has 0 saturated carbocycles. The van der Waals surface area contributed by atoms with Gasteiger partial charge in [-0.1, -0.05) is 6.07 Å². The smallest absolute Gasteiger partial charge is 0.338 e. The third-order valence-electron chi connectivity index (χ3n) is 3.49. The van der Waals surface area contributed by atoms with Crippen molar-refractivity contribution in [2.24, 2.45) is 0 Å². The molecule has 25 heavy (non-hydrogen) atoms. The van der Waals surface area contributed by atoms with Gasteiger partial charge < -0.3 is 24.3 Å². The van der Waals surface area contributed by atoms with Gasteiger partial charge in [-0.25, -0.2) is 4.79 Å². The maximum Gasteiger partial charge on any atom is 0.338 e. The van der Waals surface area contributed by atoms with Crippen molar-refractivity contribution >= 4 is 11.9 Å². The lowest BCUT2D eigenvalue weighted by Gasteiger charge is -2.17. The first-order chi connectivity index (χ1) is 12.0. The fraction of sp³-hybridized carbons (Fsp3) is 0.333. The first-order valence-corrected chi connectivity index (χ1v) is 7.98. The van der Waals surface area contributed by atoms with Gasteiger partial charge in [0.25, 0.3) is 5.91 Å². The summed E-state index contributed by atoms with van der Waals surface area (Å²) in [5.74, 6) is -0.450. The monoisotopic (exact) mass is 347 g/mol. The normalized spacial score (nSPS) is 11.6. The summed E-state index contributed by atoms with van der Waals surface area (Å²) in [4.78, 5) is 23.0. The lowest BCUT2D eigenvalue weighted by molar-refractivity contribution is 0.0695. The van der Waals surface area contributed by atoms with E-state index in [0.29, 0.717) is 24.7 Å². The Morgan fingerprint density at radius 2 is 1.84 bits per heavy atom. The lowest BCUT2D eigenvalue weighted by Crippen LogP contribution is -2.26. The molecule has 1 aromatic carbocycles. The van der Waals surface area contributed by atoms with Gasteiger partial charge in [-0.2, -0.15) is 0 Å². The van der Waals surface area contributed by atoms with Gasteiger partial charge in [0.1, 0.15) is 6.26 Å². The molecule has 2 aromatic rings. The molecular weight excluding hydrogens is 326 g/mol. The third-order valence-corrected chi connectivity index (χ3v) is 3.49. The van der Waals surface area contributed by atoms with Gasteiger partial charge in [0.05, 0.1) is 24.8 Å². The summed E-state index contributed by atoms with van der Waals surface area (Å²) < 4.78 is 16.1. The number of carbonyl (C=O) groups is 2. The topological polar surface area (TPSA) is 98.0 Å². The van der Waals surface area contributed by atoms with Crippen LogP contribution < -0.4 is 14.8 Å². The van der Waals surface area contributed by atoms with Gasteiger partial charge in [0, 0.05) is 6.07 Å². The van der Waals surface area contributed by atoms with E-state index in [0.717, 1.165) is 11.8 Å². The van der Waals surface area contributed by atoms with E-state index < -0.39 is 11.9 Å². The van der Waals surface area contributed by atoms with E-state index >= 15 is 0 Å². The highest BCUT2D eigenvalue weighted by Crippen LogP contribution is 2.30. The highest BCUT2D eigenvalue weighted by atomic mass is 16.5. The Morgan fingerprint density at radius 3 is 2.44 bits per heavy atom. The SMILES string of the molecule is CCOc1ccc(C(C)NC(=O)c2cc(C(=O)O)co2)cc1OCC. The maximum atomic E-state index is 12.2. The number of carboxylic acids is 1. The molecule has 7 nitrogen and oxygen atoms in total. The zero-order valence-electron chi connectivity index (χ0n) is 14.4. The van der Waals surface area contributed by atoms with Crippen molar-refractivity contribution in [3.63, 3.8) is 0 Å². The molecule has 0 aliphatic carbocycles. The number of hydrogen-bond acceptors (Lipinski definition) is 5. The van der Waals surface area contributed by atoms with Crippen LogP contribution in [0, 0.1) is 0 Å². The minimum Gasteiger partial charge on any atom is -0.490 e. The third kappa shape index (κ3) is 4.53. The first kappa shape index (κ1) is 18.4. The predicted molar refractivity (Wildman–Crippen MR) is 90.3 cm³/mol. The number of rotatable bonds is 8. The van der Waals surface area contributed by atoms with Crippen molar-refractivity contribution in [1.29, 1.82) is 0 Å². The first-order valence-electron chi connectivity index (χ1n) is 7.98. The molecule has 0 spiro atoms. The maximum absolute atomic E-state index is 12.2. The molecule has 0 aliphatic heterocycles. The fourth-order valence-electron chi connectivity index (χ4n) is 2.26. The van der Waals surface area contributed by atoms with Crippen LogP contribution in [0.15, 0.2) is 34.9 Å². The Balaban J connectivity index is 2.13. The number of hydrogen-bond donors (Lipinski definition) is 2. The average molecular weight is 347 g/mol. The highest BCUT2D eigenvalue weighted by Gasteiger charge is 2.18. The number of amides is 1. The molecule has 1 heterocycles. The van der Waals surface area contributed by atoms with Crippen molar-refractivity contribution in [3.8, 4) is 11.5 Å². The number of carboxylic acid groups (broad SMARTS) is 1. The van der Waals surface area contributed by atoms with Gasteiger partial charge >= 0.3 is 5.97 Å². The molecule has 1 atom stereocenters. The number of benzene rings is 1. The highest BCUT2D eigenvalue weighted by molar-refractivity contribution is 5.95. The number of ether oxygens (including phenoxy) is 2. The van der Waals surface area contributed by atoms with Gasteiger partial charge in [-0.3, -0.25) is 4.79 Å². The van der Waals surface area contributed by atoms with Crippen LogP contribution in [-0.4, -0.2) is 30.2 Å². The van der Waals surface area contributed by atoms with Gasteiger partial charge in [-0.15, -0.1) is 0 Å². The van der Waals surface area contributed by atoms with Crippen molar-refractivity contribution in [2.75, 3.05) is 13.2 Å². The van der Waals surface area contributed by atoms with Crippen LogP contribution in [0.2, 0.25) is 0 Å². The fourth-order valence-corrected chi connectivity index (χ4v) is 2.26. The molecular formula is C18H21NO6. The zero-order chi connectivity index (χ0) is 18.4. The van der Waals surface area contributed by atoms with Gasteiger partial charge in [-0.05, 0) is 38.5 Å². The summed E-state index contributed by atoms with van der Waals surface area (Å²) in [6.07, 6.45) is 1.03. The quantitative estimate of drug-likeness (QED) is 0.760. The summed E-state index contributed by atoms with van der Waals surface area (Å²) in [5, 5.41) is 11.6. The summed E-state index contributed by atoms with van der Waals surface area (Å²) in [5.41, 5.74) is 0.753. The Morgan fingerprint density at radius 1 is 1.16 bits per heavy atom. The van der Waals surface area contributed by atoms with E-state index in [1.165, 1.54) is 6.07 Å². The molecule has 0 aliphatic rings. The van der Waals surface area contributed by atoms with E-state index in [2.05, 4.69) is 5.32 Å². The van der Waals surface area contributed by atoms with Crippen LogP contribution in [0.25, 0.3) is 0 Å². The van der Waals surface area contributed by atoms with E-state index in [9.17, 15) is 9.59 Å². The second kappa shape index (κ2) is 8.23. The van der Waals surface area contributed by atoms with E-state index in [1.807, 2.05) is 32.9 Å².